The smallest absolute Gasteiger partial charge is 0.324 e. The van der Waals surface area contributed by atoms with Crippen molar-refractivity contribution in [3.05, 3.63) is 29.3 Å². The average Bonchev–Trinajstić information content (AvgIpc) is 2.87. The molecule has 1 heterocycles. The molecule has 28 heavy (non-hydrogen) atoms. The second kappa shape index (κ2) is 8.09. The number of carbonyl (C=O) groups excluding carboxylic acids is 3. The molecule has 1 spiro atoms. The Balaban J connectivity index is 1.63. The maximum atomic E-state index is 13.2. The molecule has 3 rings (SSSR count). The van der Waals surface area contributed by atoms with E-state index < -0.39 is 5.54 Å². The first-order valence-electron chi connectivity index (χ1n) is 9.62. The molecule has 152 valence electrons. The van der Waals surface area contributed by atoms with Gasteiger partial charge in [0.1, 0.15) is 5.54 Å². The van der Waals surface area contributed by atoms with Crippen molar-refractivity contribution in [2.75, 3.05) is 25.6 Å². The minimum Gasteiger partial charge on any atom is -0.324 e. The highest BCUT2D eigenvalue weighted by atomic mass is 35.5. The number of nitrogens with one attached hydrogen (secondary N) is 2. The largest absolute Gasteiger partial charge is 0.326 e. The molecule has 1 aliphatic heterocycles. The Morgan fingerprint density at radius 2 is 1.93 bits per heavy atom. The molecule has 0 radical (unpaired) electrons. The Morgan fingerprint density at radius 3 is 2.57 bits per heavy atom. The molecule has 7 nitrogen and oxygen atoms in total. The summed E-state index contributed by atoms with van der Waals surface area (Å²) in [4.78, 5) is 40.9. The first-order valence-corrected chi connectivity index (χ1v) is 10.0. The van der Waals surface area contributed by atoms with E-state index in [9.17, 15) is 14.4 Å². The zero-order valence-corrected chi connectivity index (χ0v) is 17.3. The van der Waals surface area contributed by atoms with E-state index in [2.05, 4.69) is 10.6 Å². The summed E-state index contributed by atoms with van der Waals surface area (Å²) in [5.74, 6) is -0.273. The van der Waals surface area contributed by atoms with Crippen LogP contribution in [0.25, 0.3) is 0 Å². The van der Waals surface area contributed by atoms with Crippen LogP contribution >= 0.6 is 11.6 Å². The second-order valence-corrected chi connectivity index (χ2v) is 8.36. The maximum absolute atomic E-state index is 13.2. The number of para-hydroxylation sites is 1. The van der Waals surface area contributed by atoms with Gasteiger partial charge in [-0.3, -0.25) is 14.5 Å². The molecule has 2 N–H and O–H groups in total. The van der Waals surface area contributed by atoms with Crippen molar-refractivity contribution >= 4 is 35.1 Å². The van der Waals surface area contributed by atoms with Crippen LogP contribution in [0.3, 0.4) is 0 Å². The molecular formula is C20H27ClN4O3. The molecule has 1 aliphatic carbocycles. The normalized spacial score (nSPS) is 27.4. The van der Waals surface area contributed by atoms with Crippen molar-refractivity contribution in [1.29, 1.82) is 0 Å². The molecule has 2 fully saturated rings. The number of halogens is 1. The minimum absolute atomic E-state index is 0.0282. The lowest BCUT2D eigenvalue weighted by molar-refractivity contribution is -0.138. The van der Waals surface area contributed by atoms with Crippen LogP contribution in [0.2, 0.25) is 5.02 Å². The number of amides is 4. The Hall–Kier alpha value is -2.12. The fourth-order valence-electron chi connectivity index (χ4n) is 4.37. The standard InChI is InChI=1S/C20H27ClN4O3/c1-13-7-6-8-14(2)20(13)18(27)25(19(28)23-20)12-24(3)11-17(26)22-16-10-5-4-9-15(16)21/h4-5,9-10,13-14H,6-8,11-12H2,1-3H3,(H,22,26)(H,23,28)/t13-,14+,20?. The highest BCUT2D eigenvalue weighted by molar-refractivity contribution is 6.33. The molecule has 1 aromatic rings. The molecule has 1 unspecified atom stereocenters. The maximum Gasteiger partial charge on any atom is 0.326 e. The summed E-state index contributed by atoms with van der Waals surface area (Å²) >= 11 is 6.06. The summed E-state index contributed by atoms with van der Waals surface area (Å²) in [6.07, 6.45) is 2.90. The van der Waals surface area contributed by atoms with Gasteiger partial charge >= 0.3 is 6.03 Å². The summed E-state index contributed by atoms with van der Waals surface area (Å²) in [6, 6.07) is 6.59. The fraction of sp³-hybridized carbons (Fsp3) is 0.550. The number of hydrogen-bond donors (Lipinski definition) is 2. The molecule has 0 bridgehead atoms. The lowest BCUT2D eigenvalue weighted by Gasteiger charge is -2.42. The van der Waals surface area contributed by atoms with Crippen molar-refractivity contribution in [1.82, 2.24) is 15.1 Å². The number of likely N-dealkylation sites (N-methyl/N-ethyl adjacent to an activating group) is 1. The molecule has 4 amide bonds. The van der Waals surface area contributed by atoms with Crippen molar-refractivity contribution in [3.63, 3.8) is 0 Å². The van der Waals surface area contributed by atoms with E-state index in [1.54, 1.807) is 36.2 Å². The summed E-state index contributed by atoms with van der Waals surface area (Å²) < 4.78 is 0. The number of rotatable bonds is 5. The van der Waals surface area contributed by atoms with Crippen LogP contribution in [0.1, 0.15) is 33.1 Å². The van der Waals surface area contributed by atoms with Crippen molar-refractivity contribution in [2.24, 2.45) is 11.8 Å². The molecule has 3 atom stereocenters. The first-order chi connectivity index (χ1) is 13.3. The predicted molar refractivity (Wildman–Crippen MR) is 108 cm³/mol. The van der Waals surface area contributed by atoms with E-state index in [0.29, 0.717) is 10.7 Å². The molecule has 8 heteroatoms. The van der Waals surface area contributed by atoms with E-state index in [1.165, 1.54) is 4.90 Å². The topological polar surface area (TPSA) is 81.8 Å². The van der Waals surface area contributed by atoms with Crippen LogP contribution in [0.4, 0.5) is 10.5 Å². The molecule has 0 aromatic heterocycles. The van der Waals surface area contributed by atoms with Gasteiger partial charge in [0.05, 0.1) is 23.9 Å². The van der Waals surface area contributed by atoms with Gasteiger partial charge < -0.3 is 10.6 Å². The predicted octanol–water partition coefficient (Wildman–Crippen LogP) is 2.91. The number of benzene rings is 1. The summed E-state index contributed by atoms with van der Waals surface area (Å²) in [5, 5.41) is 6.16. The van der Waals surface area contributed by atoms with E-state index in [-0.39, 0.29) is 42.9 Å². The Kier molecular flexibility index (Phi) is 5.95. The number of anilines is 1. The number of carbonyl (C=O) groups is 3. The number of urea groups is 1. The highest BCUT2D eigenvalue weighted by Crippen LogP contribution is 2.42. The average molecular weight is 407 g/mol. The molecule has 1 saturated carbocycles. The van der Waals surface area contributed by atoms with E-state index in [0.717, 1.165) is 19.3 Å². The quantitative estimate of drug-likeness (QED) is 0.736. The Bertz CT molecular complexity index is 774. The summed E-state index contributed by atoms with van der Waals surface area (Å²) in [7, 11) is 1.70. The number of imide groups is 1. The first kappa shape index (κ1) is 20.6. The number of nitrogens with zero attached hydrogens (tertiary/aromatic N) is 2. The zero-order valence-electron chi connectivity index (χ0n) is 16.5. The van der Waals surface area contributed by atoms with E-state index in [1.807, 2.05) is 13.8 Å². The van der Waals surface area contributed by atoms with Gasteiger partial charge in [0.15, 0.2) is 0 Å². The van der Waals surface area contributed by atoms with Gasteiger partial charge in [-0.05, 0) is 43.9 Å². The van der Waals surface area contributed by atoms with Crippen LogP contribution in [0.5, 0.6) is 0 Å². The van der Waals surface area contributed by atoms with E-state index in [4.69, 9.17) is 11.6 Å². The SMILES string of the molecule is C[C@@H]1CCC[C@H](C)C12NC(=O)N(CN(C)CC(=O)Nc1ccccc1Cl)C2=O. The lowest BCUT2D eigenvalue weighted by atomic mass is 9.67. The van der Waals surface area contributed by atoms with Gasteiger partial charge in [-0.1, -0.05) is 44.0 Å². The number of hydrogen-bond acceptors (Lipinski definition) is 4. The van der Waals surface area contributed by atoms with Crippen LogP contribution in [-0.2, 0) is 9.59 Å². The Morgan fingerprint density at radius 1 is 1.29 bits per heavy atom. The third-order valence-corrected chi connectivity index (χ3v) is 6.26. The van der Waals surface area contributed by atoms with Gasteiger partial charge in [-0.2, -0.15) is 0 Å². The van der Waals surface area contributed by atoms with Crippen LogP contribution in [0.15, 0.2) is 24.3 Å². The van der Waals surface area contributed by atoms with Crippen LogP contribution in [-0.4, -0.2) is 53.4 Å². The minimum atomic E-state index is -0.823. The fourth-order valence-corrected chi connectivity index (χ4v) is 4.55. The third kappa shape index (κ3) is 3.73. The highest BCUT2D eigenvalue weighted by Gasteiger charge is 2.58. The Labute approximate surface area is 170 Å². The zero-order chi connectivity index (χ0) is 20.5. The lowest BCUT2D eigenvalue weighted by Crippen LogP contribution is -2.59. The van der Waals surface area contributed by atoms with Crippen molar-refractivity contribution < 1.29 is 14.4 Å². The van der Waals surface area contributed by atoms with Crippen molar-refractivity contribution in [3.8, 4) is 0 Å². The molecular weight excluding hydrogens is 380 g/mol. The molecule has 2 aliphatic rings. The van der Waals surface area contributed by atoms with Gasteiger partial charge in [-0.15, -0.1) is 0 Å². The van der Waals surface area contributed by atoms with E-state index >= 15 is 0 Å². The second-order valence-electron chi connectivity index (χ2n) is 7.95. The van der Waals surface area contributed by atoms with Gasteiger partial charge in [0.2, 0.25) is 5.91 Å². The van der Waals surface area contributed by atoms with Crippen LogP contribution in [0, 0.1) is 11.8 Å². The van der Waals surface area contributed by atoms with Gasteiger partial charge in [-0.25, -0.2) is 9.69 Å². The summed E-state index contributed by atoms with van der Waals surface area (Å²) in [5.41, 5.74) is -0.294. The van der Waals surface area contributed by atoms with Crippen molar-refractivity contribution in [2.45, 2.75) is 38.6 Å². The van der Waals surface area contributed by atoms with Gasteiger partial charge in [0.25, 0.3) is 5.91 Å². The van der Waals surface area contributed by atoms with Crippen LogP contribution < -0.4 is 10.6 Å². The van der Waals surface area contributed by atoms with Gasteiger partial charge in [0, 0.05) is 0 Å². The monoisotopic (exact) mass is 406 g/mol. The molecule has 1 aromatic carbocycles. The molecule has 1 saturated heterocycles. The summed E-state index contributed by atoms with van der Waals surface area (Å²) in [6.45, 7) is 4.14. The third-order valence-electron chi connectivity index (χ3n) is 5.93.